The van der Waals surface area contributed by atoms with Crippen LogP contribution in [0, 0.1) is 24.2 Å². The number of carbonyl (C=O) groups excluding carboxylic acids is 4. The van der Waals surface area contributed by atoms with E-state index < -0.39 is 17.3 Å². The van der Waals surface area contributed by atoms with Gasteiger partial charge in [-0.05, 0) is 55.4 Å². The van der Waals surface area contributed by atoms with Gasteiger partial charge in [0.05, 0.1) is 18.4 Å². The van der Waals surface area contributed by atoms with E-state index in [4.69, 9.17) is 4.74 Å². The molecule has 1 atom stereocenters. The van der Waals surface area contributed by atoms with Crippen LogP contribution in [0.3, 0.4) is 0 Å². The summed E-state index contributed by atoms with van der Waals surface area (Å²) in [6, 6.07) is 5.04. The number of amides is 2. The van der Waals surface area contributed by atoms with E-state index in [0.29, 0.717) is 61.3 Å². The number of nitrogens with zero attached hydrogens (tertiary/aromatic N) is 3. The van der Waals surface area contributed by atoms with Crippen molar-refractivity contribution < 1.29 is 23.9 Å². The molecule has 2 amide bonds. The van der Waals surface area contributed by atoms with Crippen LogP contribution in [-0.4, -0.2) is 60.2 Å². The van der Waals surface area contributed by atoms with Crippen LogP contribution in [0.25, 0.3) is 0 Å². The second-order valence-electron chi connectivity index (χ2n) is 11.1. The molecule has 2 heterocycles. The third kappa shape index (κ3) is 5.90. The van der Waals surface area contributed by atoms with Gasteiger partial charge in [-0.15, -0.1) is 0 Å². The molecule has 1 aromatic carbocycles. The average molecular weight is 518 g/mol. The van der Waals surface area contributed by atoms with Gasteiger partial charge in [-0.25, -0.2) is 9.79 Å². The maximum absolute atomic E-state index is 13.2. The van der Waals surface area contributed by atoms with E-state index in [1.54, 1.807) is 25.1 Å². The number of esters is 1. The zero-order valence-corrected chi connectivity index (χ0v) is 22.7. The normalized spacial score (nSPS) is 19.8. The lowest BCUT2D eigenvalue weighted by Crippen LogP contribution is -2.42. The summed E-state index contributed by atoms with van der Waals surface area (Å²) < 4.78 is 4.78. The standard InChI is InChI=1S/C30H35N3O5/c1-18-7-6-8-23-26(18)31-24(32-28(23)36)16-30(3,4)17-25(34)33-13-11-20(12-14-33)27(35)21-9-10-22(19(2)15-21)29(37)38-5/h6-10,15,20,23H,11-14,16-17H2,1-5H3. The zero-order chi connectivity index (χ0) is 27.6. The molecule has 0 spiro atoms. The first kappa shape index (κ1) is 27.4. The fourth-order valence-corrected chi connectivity index (χ4v) is 5.32. The number of rotatable bonds is 7. The minimum absolute atomic E-state index is 0.0316. The van der Waals surface area contributed by atoms with Crippen LogP contribution in [0.15, 0.2) is 52.0 Å². The molecule has 1 aromatic rings. The Morgan fingerprint density at radius 2 is 1.82 bits per heavy atom. The highest BCUT2D eigenvalue weighted by Gasteiger charge is 2.34. The minimum atomic E-state index is -0.430. The van der Waals surface area contributed by atoms with Crippen molar-refractivity contribution in [2.45, 2.75) is 53.4 Å². The molecule has 0 N–H and O–H groups in total. The topological polar surface area (TPSA) is 105 Å². The van der Waals surface area contributed by atoms with Crippen molar-refractivity contribution in [1.29, 1.82) is 0 Å². The summed E-state index contributed by atoms with van der Waals surface area (Å²) >= 11 is 0. The van der Waals surface area contributed by atoms with E-state index in [2.05, 4.69) is 9.98 Å². The Bertz CT molecular complexity index is 1290. The molecule has 3 aliphatic rings. The number of fused-ring (bicyclic) bond motifs is 1. The first-order valence-electron chi connectivity index (χ1n) is 13.1. The molecule has 2 aliphatic heterocycles. The van der Waals surface area contributed by atoms with Gasteiger partial charge in [-0.2, -0.15) is 4.99 Å². The van der Waals surface area contributed by atoms with Crippen molar-refractivity contribution in [3.05, 3.63) is 58.7 Å². The third-order valence-corrected chi connectivity index (χ3v) is 7.50. The van der Waals surface area contributed by atoms with Crippen LogP contribution in [0.5, 0.6) is 0 Å². The summed E-state index contributed by atoms with van der Waals surface area (Å²) in [5.41, 5.74) is 3.00. The zero-order valence-electron chi connectivity index (χ0n) is 22.7. The molecule has 1 saturated heterocycles. The van der Waals surface area contributed by atoms with Crippen molar-refractivity contribution in [2.75, 3.05) is 20.2 Å². The molecule has 8 heteroatoms. The fourth-order valence-electron chi connectivity index (χ4n) is 5.32. The molecule has 8 nitrogen and oxygen atoms in total. The van der Waals surface area contributed by atoms with Crippen LogP contribution in [-0.2, 0) is 14.3 Å². The Morgan fingerprint density at radius 1 is 1.11 bits per heavy atom. The van der Waals surface area contributed by atoms with E-state index in [9.17, 15) is 19.2 Å². The maximum atomic E-state index is 13.2. The molecule has 1 aliphatic carbocycles. The van der Waals surface area contributed by atoms with E-state index in [0.717, 1.165) is 11.3 Å². The number of likely N-dealkylation sites (tertiary alicyclic amines) is 1. The largest absolute Gasteiger partial charge is 0.465 e. The van der Waals surface area contributed by atoms with Crippen molar-refractivity contribution in [1.82, 2.24) is 4.90 Å². The Labute approximate surface area is 223 Å². The number of aryl methyl sites for hydroxylation is 1. The van der Waals surface area contributed by atoms with Crippen molar-refractivity contribution in [2.24, 2.45) is 27.2 Å². The second kappa shape index (κ2) is 11.0. The number of ether oxygens (including phenoxy) is 1. The van der Waals surface area contributed by atoms with Gasteiger partial charge < -0.3 is 9.64 Å². The predicted octanol–water partition coefficient (Wildman–Crippen LogP) is 4.52. The molecule has 1 unspecified atom stereocenters. The Morgan fingerprint density at radius 3 is 2.47 bits per heavy atom. The van der Waals surface area contributed by atoms with Crippen LogP contribution in [0.2, 0.25) is 0 Å². The number of hydrogen-bond acceptors (Lipinski definition) is 6. The molecule has 0 bridgehead atoms. The molecule has 4 rings (SSSR count). The number of Topliss-reactive ketones (excluding diaryl/α,β-unsaturated/α-hetero) is 1. The van der Waals surface area contributed by atoms with Crippen LogP contribution >= 0.6 is 0 Å². The second-order valence-corrected chi connectivity index (χ2v) is 11.1. The lowest BCUT2D eigenvalue weighted by Gasteiger charge is -2.34. The fraction of sp³-hybridized carbons (Fsp3) is 0.467. The lowest BCUT2D eigenvalue weighted by atomic mass is 9.83. The Hall–Kier alpha value is -3.68. The van der Waals surface area contributed by atoms with Crippen molar-refractivity contribution >= 4 is 35.1 Å². The third-order valence-electron chi connectivity index (χ3n) is 7.50. The Kier molecular flexibility index (Phi) is 7.90. The van der Waals surface area contributed by atoms with Crippen LogP contribution in [0.1, 0.15) is 72.7 Å². The number of allylic oxidation sites excluding steroid dienone is 3. The summed E-state index contributed by atoms with van der Waals surface area (Å²) in [6.07, 6.45) is 7.53. The van der Waals surface area contributed by atoms with Gasteiger partial charge in [-0.3, -0.25) is 14.4 Å². The number of methoxy groups -OCH3 is 1. The van der Waals surface area contributed by atoms with E-state index in [1.807, 2.05) is 43.9 Å². The molecular formula is C30H35N3O5. The number of aliphatic imine (C=N–C) groups is 2. The SMILES string of the molecule is COC(=O)c1ccc(C(=O)C2CCN(C(=O)CC(C)(C)CC3=NC(=O)C4C=CC=C(C)C4=N3)CC2)cc1C. The maximum Gasteiger partial charge on any atom is 0.338 e. The van der Waals surface area contributed by atoms with E-state index >= 15 is 0 Å². The smallest absolute Gasteiger partial charge is 0.338 e. The average Bonchev–Trinajstić information content (AvgIpc) is 2.88. The van der Waals surface area contributed by atoms with Gasteiger partial charge in [0.25, 0.3) is 5.91 Å². The molecule has 0 aromatic heterocycles. The van der Waals surface area contributed by atoms with Gasteiger partial charge in [0.15, 0.2) is 5.78 Å². The summed E-state index contributed by atoms with van der Waals surface area (Å²) in [5, 5.41) is 0. The molecule has 38 heavy (non-hydrogen) atoms. The highest BCUT2D eigenvalue weighted by molar-refractivity contribution is 6.23. The first-order valence-corrected chi connectivity index (χ1v) is 13.1. The number of carbonyl (C=O) groups is 4. The molecule has 0 radical (unpaired) electrons. The first-order chi connectivity index (χ1) is 18.0. The minimum Gasteiger partial charge on any atom is -0.465 e. The Balaban J connectivity index is 1.32. The highest BCUT2D eigenvalue weighted by Crippen LogP contribution is 2.31. The molecule has 0 saturated carbocycles. The number of hydrogen-bond donors (Lipinski definition) is 0. The number of piperidine rings is 1. The summed E-state index contributed by atoms with van der Waals surface area (Å²) in [6.45, 7) is 8.74. The van der Waals surface area contributed by atoms with Crippen LogP contribution in [0.4, 0.5) is 0 Å². The summed E-state index contributed by atoms with van der Waals surface area (Å²) in [5.74, 6) is -0.666. The number of ketones is 1. The van der Waals surface area contributed by atoms with Gasteiger partial charge in [0, 0.05) is 37.4 Å². The number of benzene rings is 1. The van der Waals surface area contributed by atoms with Crippen molar-refractivity contribution in [3.63, 3.8) is 0 Å². The predicted molar refractivity (Wildman–Crippen MR) is 145 cm³/mol. The van der Waals surface area contributed by atoms with Gasteiger partial charge in [0.2, 0.25) is 5.91 Å². The van der Waals surface area contributed by atoms with Gasteiger partial charge >= 0.3 is 5.97 Å². The monoisotopic (exact) mass is 517 g/mol. The van der Waals surface area contributed by atoms with Crippen molar-refractivity contribution in [3.8, 4) is 0 Å². The van der Waals surface area contributed by atoms with Gasteiger partial charge in [-0.1, -0.05) is 38.1 Å². The highest BCUT2D eigenvalue weighted by atomic mass is 16.5. The van der Waals surface area contributed by atoms with Gasteiger partial charge in [0.1, 0.15) is 11.8 Å². The van der Waals surface area contributed by atoms with E-state index in [1.165, 1.54) is 7.11 Å². The molecule has 200 valence electrons. The molecular weight excluding hydrogens is 482 g/mol. The quantitative estimate of drug-likeness (QED) is 0.391. The molecule has 1 fully saturated rings. The lowest BCUT2D eigenvalue weighted by molar-refractivity contribution is -0.134. The number of amidine groups is 1. The summed E-state index contributed by atoms with van der Waals surface area (Å²) in [4.78, 5) is 61.3. The van der Waals surface area contributed by atoms with Crippen LogP contribution < -0.4 is 0 Å². The van der Waals surface area contributed by atoms with E-state index in [-0.39, 0.29) is 23.5 Å². The summed E-state index contributed by atoms with van der Waals surface area (Å²) in [7, 11) is 1.33.